The first kappa shape index (κ1) is 15.5. The maximum atomic E-state index is 11.9. The van der Waals surface area contributed by atoms with Crippen LogP contribution in [0.4, 0.5) is 0 Å². The molecule has 21 heavy (non-hydrogen) atoms. The van der Waals surface area contributed by atoms with E-state index in [1.807, 2.05) is 24.3 Å². The molecule has 1 aromatic rings. The predicted octanol–water partition coefficient (Wildman–Crippen LogP) is 0.436. The van der Waals surface area contributed by atoms with Gasteiger partial charge in [0.15, 0.2) is 6.10 Å². The number of carbonyl (C=O) groups is 2. The van der Waals surface area contributed by atoms with Gasteiger partial charge in [-0.2, -0.15) is 0 Å². The number of carbonyl (C=O) groups excluding carboxylic acids is 1. The van der Waals surface area contributed by atoms with Crippen LogP contribution in [0.5, 0.6) is 0 Å². The standard InChI is InChI=1S/C15H20N2O4/c16-8-11-4-2-1-3-10(11)7-14(18)17-9-12-5-6-13(21-12)15(19)20/h1-4,12-13H,5-9,16H2,(H,17,18)(H,19,20). The van der Waals surface area contributed by atoms with Crippen LogP contribution in [-0.2, 0) is 27.3 Å². The van der Waals surface area contributed by atoms with Crippen molar-refractivity contribution in [2.75, 3.05) is 6.54 Å². The monoisotopic (exact) mass is 292 g/mol. The molecule has 2 atom stereocenters. The Morgan fingerprint density at radius 3 is 2.62 bits per heavy atom. The normalized spacial score (nSPS) is 21.2. The van der Waals surface area contributed by atoms with Crippen LogP contribution in [0.2, 0.25) is 0 Å². The minimum absolute atomic E-state index is 0.113. The van der Waals surface area contributed by atoms with E-state index in [9.17, 15) is 9.59 Å². The van der Waals surface area contributed by atoms with Crippen LogP contribution < -0.4 is 11.1 Å². The lowest BCUT2D eigenvalue weighted by Crippen LogP contribution is -2.34. The summed E-state index contributed by atoms with van der Waals surface area (Å²) in [6.45, 7) is 0.739. The van der Waals surface area contributed by atoms with E-state index in [-0.39, 0.29) is 18.4 Å². The highest BCUT2D eigenvalue weighted by molar-refractivity contribution is 5.79. The summed E-state index contributed by atoms with van der Waals surface area (Å²) >= 11 is 0. The first-order valence-corrected chi connectivity index (χ1v) is 7.02. The van der Waals surface area contributed by atoms with Crippen LogP contribution in [0, 0.1) is 0 Å². The van der Waals surface area contributed by atoms with Gasteiger partial charge in [-0.1, -0.05) is 24.3 Å². The van der Waals surface area contributed by atoms with Crippen molar-refractivity contribution < 1.29 is 19.4 Å². The number of carboxylic acid groups (broad SMARTS) is 1. The molecule has 2 rings (SSSR count). The largest absolute Gasteiger partial charge is 0.479 e. The van der Waals surface area contributed by atoms with Gasteiger partial charge in [-0.05, 0) is 24.0 Å². The highest BCUT2D eigenvalue weighted by atomic mass is 16.5. The average molecular weight is 292 g/mol. The van der Waals surface area contributed by atoms with Crippen molar-refractivity contribution in [2.24, 2.45) is 5.73 Å². The van der Waals surface area contributed by atoms with Crippen LogP contribution in [-0.4, -0.2) is 35.7 Å². The molecule has 1 aliphatic rings. The van der Waals surface area contributed by atoms with E-state index in [0.29, 0.717) is 25.9 Å². The smallest absolute Gasteiger partial charge is 0.332 e. The third-order valence-corrected chi connectivity index (χ3v) is 3.60. The molecule has 6 nitrogen and oxygen atoms in total. The summed E-state index contributed by atoms with van der Waals surface area (Å²) in [6.07, 6.45) is 0.440. The minimum atomic E-state index is -0.944. The molecule has 0 bridgehead atoms. The van der Waals surface area contributed by atoms with Gasteiger partial charge >= 0.3 is 5.97 Å². The molecule has 0 aromatic heterocycles. The summed E-state index contributed by atoms with van der Waals surface area (Å²) in [6, 6.07) is 7.55. The topological polar surface area (TPSA) is 102 Å². The fraction of sp³-hybridized carbons (Fsp3) is 0.467. The summed E-state index contributed by atoms with van der Waals surface area (Å²) in [4.78, 5) is 22.7. The third-order valence-electron chi connectivity index (χ3n) is 3.60. The van der Waals surface area contributed by atoms with Crippen molar-refractivity contribution in [1.82, 2.24) is 5.32 Å². The van der Waals surface area contributed by atoms with Crippen molar-refractivity contribution in [3.05, 3.63) is 35.4 Å². The first-order valence-electron chi connectivity index (χ1n) is 7.02. The Labute approximate surface area is 123 Å². The van der Waals surface area contributed by atoms with Crippen LogP contribution in [0.25, 0.3) is 0 Å². The van der Waals surface area contributed by atoms with E-state index in [2.05, 4.69) is 5.32 Å². The van der Waals surface area contributed by atoms with Gasteiger partial charge in [0.05, 0.1) is 12.5 Å². The summed E-state index contributed by atoms with van der Waals surface area (Å²) in [5.74, 6) is -1.06. The molecule has 1 saturated heterocycles. The average Bonchev–Trinajstić information content (AvgIpc) is 2.95. The second-order valence-electron chi connectivity index (χ2n) is 5.12. The molecule has 0 saturated carbocycles. The van der Waals surface area contributed by atoms with Gasteiger partial charge in [0.25, 0.3) is 0 Å². The highest BCUT2D eigenvalue weighted by Gasteiger charge is 2.30. The van der Waals surface area contributed by atoms with E-state index < -0.39 is 12.1 Å². The Bertz CT molecular complexity index is 518. The Kier molecular flexibility index (Phi) is 5.30. The van der Waals surface area contributed by atoms with Gasteiger partial charge in [-0.15, -0.1) is 0 Å². The molecule has 1 aromatic carbocycles. The van der Waals surface area contributed by atoms with E-state index in [4.69, 9.17) is 15.6 Å². The number of amides is 1. The van der Waals surface area contributed by atoms with E-state index in [1.54, 1.807) is 0 Å². The fourth-order valence-electron chi connectivity index (χ4n) is 2.43. The summed E-state index contributed by atoms with van der Waals surface area (Å²) in [7, 11) is 0. The van der Waals surface area contributed by atoms with Crippen molar-refractivity contribution in [1.29, 1.82) is 0 Å². The van der Waals surface area contributed by atoms with Gasteiger partial charge in [0.2, 0.25) is 5.91 Å². The lowest BCUT2D eigenvalue weighted by Gasteiger charge is -2.13. The molecule has 1 heterocycles. The van der Waals surface area contributed by atoms with Gasteiger partial charge in [0.1, 0.15) is 0 Å². The van der Waals surface area contributed by atoms with Crippen molar-refractivity contribution in [2.45, 2.75) is 38.0 Å². The fourth-order valence-corrected chi connectivity index (χ4v) is 2.43. The number of rotatable bonds is 6. The van der Waals surface area contributed by atoms with Crippen LogP contribution >= 0.6 is 0 Å². The number of carboxylic acids is 1. The van der Waals surface area contributed by atoms with E-state index >= 15 is 0 Å². The summed E-state index contributed by atoms with van der Waals surface area (Å²) in [5.41, 5.74) is 7.50. The number of aliphatic carboxylic acids is 1. The molecule has 1 fully saturated rings. The molecule has 1 amide bonds. The molecule has 114 valence electrons. The van der Waals surface area contributed by atoms with Crippen molar-refractivity contribution >= 4 is 11.9 Å². The predicted molar refractivity (Wildman–Crippen MR) is 76.6 cm³/mol. The van der Waals surface area contributed by atoms with Gasteiger partial charge in [0, 0.05) is 13.1 Å². The van der Waals surface area contributed by atoms with Crippen LogP contribution in [0.15, 0.2) is 24.3 Å². The molecule has 0 aliphatic carbocycles. The second-order valence-corrected chi connectivity index (χ2v) is 5.12. The first-order chi connectivity index (χ1) is 10.1. The number of ether oxygens (including phenoxy) is 1. The van der Waals surface area contributed by atoms with Gasteiger partial charge in [-0.25, -0.2) is 4.79 Å². The maximum Gasteiger partial charge on any atom is 0.332 e. The van der Waals surface area contributed by atoms with Crippen molar-refractivity contribution in [3.8, 4) is 0 Å². The quantitative estimate of drug-likeness (QED) is 0.706. The molecule has 0 spiro atoms. The minimum Gasteiger partial charge on any atom is -0.479 e. The summed E-state index contributed by atoms with van der Waals surface area (Å²) < 4.78 is 5.33. The molecule has 1 aliphatic heterocycles. The molecular weight excluding hydrogens is 272 g/mol. The maximum absolute atomic E-state index is 11.9. The Hall–Kier alpha value is -1.92. The zero-order valence-corrected chi connectivity index (χ0v) is 11.7. The Balaban J connectivity index is 1.79. The number of hydrogen-bond donors (Lipinski definition) is 3. The number of nitrogens with one attached hydrogen (secondary N) is 1. The van der Waals surface area contributed by atoms with Crippen LogP contribution in [0.3, 0.4) is 0 Å². The zero-order chi connectivity index (χ0) is 15.2. The lowest BCUT2D eigenvalue weighted by molar-refractivity contribution is -0.149. The molecule has 4 N–H and O–H groups in total. The van der Waals surface area contributed by atoms with Gasteiger partial charge < -0.3 is 20.9 Å². The zero-order valence-electron chi connectivity index (χ0n) is 11.7. The Morgan fingerprint density at radius 1 is 1.29 bits per heavy atom. The molecule has 0 radical (unpaired) electrons. The number of nitrogens with two attached hydrogens (primary N) is 1. The Morgan fingerprint density at radius 2 is 2.00 bits per heavy atom. The SMILES string of the molecule is NCc1ccccc1CC(=O)NCC1CCC(C(=O)O)O1. The number of benzene rings is 1. The lowest BCUT2D eigenvalue weighted by atomic mass is 10.0. The highest BCUT2D eigenvalue weighted by Crippen LogP contribution is 2.19. The molecule has 2 unspecified atom stereocenters. The van der Waals surface area contributed by atoms with Crippen molar-refractivity contribution in [3.63, 3.8) is 0 Å². The van der Waals surface area contributed by atoms with Gasteiger partial charge in [-0.3, -0.25) is 4.79 Å². The molecule has 6 heteroatoms. The summed E-state index contributed by atoms with van der Waals surface area (Å²) in [5, 5.41) is 11.6. The van der Waals surface area contributed by atoms with E-state index in [1.165, 1.54) is 0 Å². The third kappa shape index (κ3) is 4.27. The van der Waals surface area contributed by atoms with Crippen LogP contribution in [0.1, 0.15) is 24.0 Å². The second kappa shape index (κ2) is 7.19. The van der Waals surface area contributed by atoms with E-state index in [0.717, 1.165) is 11.1 Å². The molecular formula is C15H20N2O4. The number of hydrogen-bond acceptors (Lipinski definition) is 4.